The average molecular weight is 1120 g/mol. The van der Waals surface area contributed by atoms with E-state index in [4.69, 9.17) is 14.2 Å². The van der Waals surface area contributed by atoms with Crippen molar-refractivity contribution in [3.8, 4) is 0 Å². The van der Waals surface area contributed by atoms with E-state index in [1.54, 1.807) is 0 Å². The molecule has 0 heterocycles. The Kier molecular flexibility index (Phi) is 64.3. The lowest BCUT2D eigenvalue weighted by Gasteiger charge is -2.18. The third kappa shape index (κ3) is 66.2. The van der Waals surface area contributed by atoms with Crippen LogP contribution in [0.4, 0.5) is 0 Å². The van der Waals surface area contributed by atoms with E-state index in [0.717, 1.165) is 154 Å². The highest BCUT2D eigenvalue weighted by atomic mass is 16.6. The Morgan fingerprint density at radius 3 is 0.765 bits per heavy atom. The summed E-state index contributed by atoms with van der Waals surface area (Å²) in [5.41, 5.74) is 0. The van der Waals surface area contributed by atoms with Gasteiger partial charge in [-0.3, -0.25) is 14.4 Å². The molecule has 0 bridgehead atoms. The van der Waals surface area contributed by atoms with Crippen LogP contribution in [-0.2, 0) is 28.6 Å². The zero-order valence-corrected chi connectivity index (χ0v) is 52.8. The number of esters is 3. The molecule has 0 aromatic heterocycles. The molecule has 81 heavy (non-hydrogen) atoms. The summed E-state index contributed by atoms with van der Waals surface area (Å²) in [7, 11) is 0. The summed E-state index contributed by atoms with van der Waals surface area (Å²) in [6, 6.07) is 0. The van der Waals surface area contributed by atoms with Gasteiger partial charge in [0, 0.05) is 19.3 Å². The van der Waals surface area contributed by atoms with Gasteiger partial charge in [-0.05, 0) is 141 Å². The average Bonchev–Trinajstić information content (AvgIpc) is 3.47. The summed E-state index contributed by atoms with van der Waals surface area (Å²) in [6.45, 7) is 6.50. The molecule has 0 aliphatic heterocycles. The van der Waals surface area contributed by atoms with Gasteiger partial charge in [0.25, 0.3) is 0 Å². The van der Waals surface area contributed by atoms with Crippen molar-refractivity contribution >= 4 is 17.9 Å². The largest absolute Gasteiger partial charge is 0.462 e. The van der Waals surface area contributed by atoms with Gasteiger partial charge < -0.3 is 14.2 Å². The van der Waals surface area contributed by atoms with Crippen molar-refractivity contribution in [2.24, 2.45) is 0 Å². The Balaban J connectivity index is 4.35. The van der Waals surface area contributed by atoms with E-state index in [0.29, 0.717) is 19.3 Å². The maximum Gasteiger partial charge on any atom is 0.306 e. The van der Waals surface area contributed by atoms with Crippen LogP contribution in [0.5, 0.6) is 0 Å². The van der Waals surface area contributed by atoms with Crippen LogP contribution >= 0.6 is 0 Å². The van der Waals surface area contributed by atoms with E-state index < -0.39 is 6.10 Å². The van der Waals surface area contributed by atoms with Gasteiger partial charge >= 0.3 is 17.9 Å². The number of allylic oxidation sites excluding steroid dienone is 22. The van der Waals surface area contributed by atoms with Crippen molar-refractivity contribution < 1.29 is 28.6 Å². The number of carbonyl (C=O) groups excluding carboxylic acids is 3. The first-order valence-electron chi connectivity index (χ1n) is 33.7. The fourth-order valence-corrected chi connectivity index (χ4v) is 9.07. The molecule has 1 atom stereocenters. The van der Waals surface area contributed by atoms with Crippen molar-refractivity contribution in [2.45, 2.75) is 309 Å². The molecular weight excluding hydrogens is 997 g/mol. The number of rotatable bonds is 60. The second kappa shape index (κ2) is 68.1. The topological polar surface area (TPSA) is 78.9 Å². The number of hydrogen-bond donors (Lipinski definition) is 0. The summed E-state index contributed by atoms with van der Waals surface area (Å²) in [6.07, 6.45) is 96.0. The van der Waals surface area contributed by atoms with Gasteiger partial charge in [0.2, 0.25) is 0 Å². The van der Waals surface area contributed by atoms with E-state index in [1.165, 1.54) is 109 Å². The highest BCUT2D eigenvalue weighted by Gasteiger charge is 2.19. The molecule has 460 valence electrons. The molecule has 0 spiro atoms. The van der Waals surface area contributed by atoms with Crippen LogP contribution in [0, 0.1) is 0 Å². The molecule has 0 rings (SSSR count). The van der Waals surface area contributed by atoms with Gasteiger partial charge in [-0.25, -0.2) is 0 Å². The molecule has 6 heteroatoms. The Morgan fingerprint density at radius 1 is 0.259 bits per heavy atom. The molecule has 0 aromatic rings. The lowest BCUT2D eigenvalue weighted by Crippen LogP contribution is -2.30. The van der Waals surface area contributed by atoms with Gasteiger partial charge in [0.05, 0.1) is 0 Å². The van der Waals surface area contributed by atoms with Crippen LogP contribution in [0.25, 0.3) is 0 Å². The number of unbranched alkanes of at least 4 members (excludes halogenated alkanes) is 27. The highest BCUT2D eigenvalue weighted by molar-refractivity contribution is 5.71. The van der Waals surface area contributed by atoms with Crippen molar-refractivity contribution in [3.63, 3.8) is 0 Å². The monoisotopic (exact) mass is 1120 g/mol. The smallest absolute Gasteiger partial charge is 0.306 e. The maximum absolute atomic E-state index is 12.9. The lowest BCUT2D eigenvalue weighted by molar-refractivity contribution is -0.167. The Morgan fingerprint density at radius 2 is 0.481 bits per heavy atom. The van der Waals surface area contributed by atoms with Crippen LogP contribution in [0.15, 0.2) is 134 Å². The van der Waals surface area contributed by atoms with E-state index >= 15 is 0 Å². The summed E-state index contributed by atoms with van der Waals surface area (Å²) >= 11 is 0. The number of carbonyl (C=O) groups is 3. The molecule has 0 aromatic carbocycles. The minimum Gasteiger partial charge on any atom is -0.462 e. The van der Waals surface area contributed by atoms with Crippen LogP contribution in [0.2, 0.25) is 0 Å². The normalized spacial score (nSPS) is 13.0. The second-order valence-corrected chi connectivity index (χ2v) is 22.0. The second-order valence-electron chi connectivity index (χ2n) is 22.0. The van der Waals surface area contributed by atoms with Gasteiger partial charge in [-0.2, -0.15) is 0 Å². The predicted molar refractivity (Wildman–Crippen MR) is 353 cm³/mol. The summed E-state index contributed by atoms with van der Waals surface area (Å²) in [5, 5.41) is 0. The first-order valence-corrected chi connectivity index (χ1v) is 33.7. The molecule has 0 radical (unpaired) electrons. The van der Waals surface area contributed by atoms with Crippen molar-refractivity contribution in [2.75, 3.05) is 13.2 Å². The Hall–Kier alpha value is -4.45. The molecule has 0 N–H and O–H groups in total. The molecule has 6 nitrogen and oxygen atoms in total. The van der Waals surface area contributed by atoms with E-state index in [-0.39, 0.29) is 31.1 Å². The van der Waals surface area contributed by atoms with E-state index in [2.05, 4.69) is 154 Å². The van der Waals surface area contributed by atoms with Crippen molar-refractivity contribution in [1.82, 2.24) is 0 Å². The standard InChI is InChI=1S/C75H124O6/c1-4-7-10-13-16-19-22-25-28-30-31-32-33-34-35-36-37-38-39-40-41-42-43-44-45-46-48-50-53-56-59-62-65-68-74(77)80-71-72(70-79-73(76)67-64-61-58-55-52-49-27-24-21-18-15-12-9-6-3)81-75(78)69-66-63-60-57-54-51-47-29-26-23-20-17-14-11-8-5-2/h7,10,16,19,24-25,27-29,31-32,34-35,37-38,40-41,43-44,46-48,72H,4-6,8-9,11-15,17-18,20-23,26,30,33,36,39,42,45,49-71H2,1-3H3/b10-7-,19-16-,27-24-,28-25-,32-31-,35-34-,38-37-,41-40-,44-43-,47-29-,48-46-. The molecule has 1 unspecified atom stereocenters. The Labute approximate surface area is 500 Å². The first-order chi connectivity index (χ1) is 40.0. The van der Waals surface area contributed by atoms with E-state index in [9.17, 15) is 14.4 Å². The minimum atomic E-state index is -0.798. The Bertz CT molecular complexity index is 1720. The van der Waals surface area contributed by atoms with Gasteiger partial charge in [0.15, 0.2) is 6.10 Å². The van der Waals surface area contributed by atoms with Crippen LogP contribution in [0.1, 0.15) is 303 Å². The van der Waals surface area contributed by atoms with Crippen molar-refractivity contribution in [3.05, 3.63) is 134 Å². The lowest BCUT2D eigenvalue weighted by atomic mass is 10.1. The molecule has 0 amide bonds. The first kappa shape index (κ1) is 76.5. The van der Waals surface area contributed by atoms with Gasteiger partial charge in [-0.15, -0.1) is 0 Å². The maximum atomic E-state index is 12.9. The quantitative estimate of drug-likeness (QED) is 0.0261. The van der Waals surface area contributed by atoms with Gasteiger partial charge in [0.1, 0.15) is 13.2 Å². The summed E-state index contributed by atoms with van der Waals surface area (Å²) in [5.74, 6) is -0.925. The molecule has 0 saturated carbocycles. The van der Waals surface area contributed by atoms with E-state index in [1.807, 2.05) is 0 Å². The molecular formula is C75H124O6. The number of ether oxygens (including phenoxy) is 3. The molecule has 0 aliphatic rings. The summed E-state index contributed by atoms with van der Waals surface area (Å²) in [4.78, 5) is 38.3. The van der Waals surface area contributed by atoms with Crippen LogP contribution in [0.3, 0.4) is 0 Å². The van der Waals surface area contributed by atoms with Crippen LogP contribution < -0.4 is 0 Å². The third-order valence-electron chi connectivity index (χ3n) is 14.1. The SMILES string of the molecule is CC/C=C\C/C=C\C/C=C\C/C=C\C/C=C\C/C=C\C/C=C\C/C=C\C/C=C\CCCCCCCC(=O)OCC(COC(=O)CCCCCCC/C=C\CCCCCCC)OC(=O)CCCCCCC/C=C\CCCCCCCCC. The highest BCUT2D eigenvalue weighted by Crippen LogP contribution is 2.15. The molecule has 0 saturated heterocycles. The van der Waals surface area contributed by atoms with Crippen molar-refractivity contribution in [1.29, 1.82) is 0 Å². The van der Waals surface area contributed by atoms with Crippen LogP contribution in [-0.4, -0.2) is 37.2 Å². The predicted octanol–water partition coefficient (Wildman–Crippen LogP) is 23.3. The zero-order valence-electron chi connectivity index (χ0n) is 52.8. The fraction of sp³-hybridized carbons (Fsp3) is 0.667. The number of hydrogen-bond acceptors (Lipinski definition) is 6. The third-order valence-corrected chi connectivity index (χ3v) is 14.1. The minimum absolute atomic E-state index is 0.0936. The zero-order chi connectivity index (χ0) is 58.5. The van der Waals surface area contributed by atoms with Gasteiger partial charge in [-0.1, -0.05) is 276 Å². The fourth-order valence-electron chi connectivity index (χ4n) is 9.07. The molecule has 0 fully saturated rings. The summed E-state index contributed by atoms with van der Waals surface area (Å²) < 4.78 is 16.9. The molecule has 0 aliphatic carbocycles.